The number of carbonyl (C=O) groups is 1. The molecule has 7 nitrogen and oxygen atoms in total. The largest absolute Gasteiger partial charge is 0.481 e. The minimum atomic E-state index is -0.967. The van der Waals surface area contributed by atoms with Gasteiger partial charge in [0.2, 0.25) is 0 Å². The Bertz CT molecular complexity index is 886. The molecular formula is C17H13N3O4. The molecule has 0 saturated carbocycles. The number of nitrogens with zero attached hydrogens (tertiary/aromatic N) is 3. The fourth-order valence-corrected chi connectivity index (χ4v) is 2.40. The monoisotopic (exact) mass is 323 g/mol. The molecule has 2 aromatic carbocycles. The molecule has 0 amide bonds. The second-order valence-electron chi connectivity index (χ2n) is 5.16. The van der Waals surface area contributed by atoms with Gasteiger partial charge in [-0.15, -0.1) is 0 Å². The minimum absolute atomic E-state index is 0.0268. The van der Waals surface area contributed by atoms with Gasteiger partial charge in [0.15, 0.2) is 0 Å². The van der Waals surface area contributed by atoms with Gasteiger partial charge in [-0.3, -0.25) is 14.9 Å². The fourth-order valence-electron chi connectivity index (χ4n) is 2.40. The molecule has 3 aromatic rings. The Balaban J connectivity index is 2.06. The SMILES string of the molecule is O=C(O)Cc1cn(-c2ccccc2)nc1-c1ccc([N+](=O)[O-])cc1. The summed E-state index contributed by atoms with van der Waals surface area (Å²) in [5.41, 5.74) is 2.45. The number of nitro benzene ring substituents is 1. The summed E-state index contributed by atoms with van der Waals surface area (Å²) < 4.78 is 1.61. The fraction of sp³-hybridized carbons (Fsp3) is 0.0588. The number of non-ortho nitro benzene ring substituents is 1. The molecule has 0 atom stereocenters. The van der Waals surface area contributed by atoms with Gasteiger partial charge in [0, 0.05) is 29.5 Å². The molecule has 0 aliphatic heterocycles. The van der Waals surface area contributed by atoms with Gasteiger partial charge in [0.1, 0.15) is 0 Å². The molecule has 3 rings (SSSR count). The van der Waals surface area contributed by atoms with Crippen molar-refractivity contribution < 1.29 is 14.8 Å². The van der Waals surface area contributed by atoms with E-state index < -0.39 is 10.9 Å². The molecule has 0 aliphatic rings. The third-order valence-corrected chi connectivity index (χ3v) is 3.50. The summed E-state index contributed by atoms with van der Waals surface area (Å²) in [6.07, 6.45) is 1.49. The zero-order chi connectivity index (χ0) is 17.1. The number of carboxylic acids is 1. The summed E-state index contributed by atoms with van der Waals surface area (Å²) in [6, 6.07) is 15.2. The van der Waals surface area contributed by atoms with Crippen LogP contribution in [-0.4, -0.2) is 25.8 Å². The maximum Gasteiger partial charge on any atom is 0.307 e. The Morgan fingerprint density at radius 3 is 2.38 bits per heavy atom. The summed E-state index contributed by atoms with van der Waals surface area (Å²) in [5.74, 6) is -0.967. The summed E-state index contributed by atoms with van der Waals surface area (Å²) in [7, 11) is 0. The lowest BCUT2D eigenvalue weighted by atomic mass is 10.1. The van der Waals surface area contributed by atoms with E-state index in [1.807, 2.05) is 30.3 Å². The van der Waals surface area contributed by atoms with Crippen LogP contribution in [0.3, 0.4) is 0 Å². The van der Waals surface area contributed by atoms with Gasteiger partial charge in [-0.2, -0.15) is 5.10 Å². The Kier molecular flexibility index (Phi) is 4.07. The summed E-state index contributed by atoms with van der Waals surface area (Å²) >= 11 is 0. The molecule has 0 saturated heterocycles. The lowest BCUT2D eigenvalue weighted by Gasteiger charge is -2.01. The molecular weight excluding hydrogens is 310 g/mol. The van der Waals surface area contributed by atoms with E-state index in [-0.39, 0.29) is 12.1 Å². The molecule has 1 aromatic heterocycles. The van der Waals surface area contributed by atoms with Crippen LogP contribution in [0.25, 0.3) is 16.9 Å². The van der Waals surface area contributed by atoms with Crippen molar-refractivity contribution in [1.82, 2.24) is 9.78 Å². The Labute approximate surface area is 136 Å². The summed E-state index contributed by atoms with van der Waals surface area (Å²) in [4.78, 5) is 21.4. The first-order valence-corrected chi connectivity index (χ1v) is 7.15. The van der Waals surface area contributed by atoms with Crippen molar-refractivity contribution in [1.29, 1.82) is 0 Å². The molecule has 0 bridgehead atoms. The molecule has 7 heteroatoms. The maximum atomic E-state index is 11.1. The highest BCUT2D eigenvalue weighted by Gasteiger charge is 2.16. The van der Waals surface area contributed by atoms with Crippen molar-refractivity contribution in [2.75, 3.05) is 0 Å². The van der Waals surface area contributed by atoms with Crippen LogP contribution >= 0.6 is 0 Å². The smallest absolute Gasteiger partial charge is 0.307 e. The van der Waals surface area contributed by atoms with Gasteiger partial charge in [-0.25, -0.2) is 4.68 Å². The predicted molar refractivity (Wildman–Crippen MR) is 87.0 cm³/mol. The Morgan fingerprint density at radius 2 is 1.79 bits per heavy atom. The molecule has 0 aliphatic carbocycles. The van der Waals surface area contributed by atoms with Crippen LogP contribution in [0.1, 0.15) is 5.56 Å². The first-order valence-electron chi connectivity index (χ1n) is 7.15. The van der Waals surface area contributed by atoms with Gasteiger partial charge >= 0.3 is 5.97 Å². The van der Waals surface area contributed by atoms with Gasteiger partial charge < -0.3 is 5.11 Å². The van der Waals surface area contributed by atoms with Crippen molar-refractivity contribution in [2.45, 2.75) is 6.42 Å². The number of benzene rings is 2. The lowest BCUT2D eigenvalue weighted by Crippen LogP contribution is -2.00. The second-order valence-corrected chi connectivity index (χ2v) is 5.16. The molecule has 0 unspecified atom stereocenters. The van der Waals surface area contributed by atoms with Crippen molar-refractivity contribution in [2.24, 2.45) is 0 Å². The van der Waals surface area contributed by atoms with Crippen molar-refractivity contribution >= 4 is 11.7 Å². The first kappa shape index (κ1) is 15.4. The third-order valence-electron chi connectivity index (χ3n) is 3.50. The lowest BCUT2D eigenvalue weighted by molar-refractivity contribution is -0.384. The average molecular weight is 323 g/mol. The number of rotatable bonds is 5. The second kappa shape index (κ2) is 6.33. The van der Waals surface area contributed by atoms with Gasteiger partial charge in [0.25, 0.3) is 5.69 Å². The van der Waals surface area contributed by atoms with Gasteiger partial charge in [-0.05, 0) is 24.3 Å². The van der Waals surface area contributed by atoms with E-state index in [4.69, 9.17) is 5.11 Å². The number of carboxylic acid groups (broad SMARTS) is 1. The predicted octanol–water partition coefficient (Wildman–Crippen LogP) is 3.07. The molecule has 1 N–H and O–H groups in total. The van der Waals surface area contributed by atoms with Crippen molar-refractivity contribution in [3.05, 3.63) is 76.5 Å². The van der Waals surface area contributed by atoms with Crippen LogP contribution in [0, 0.1) is 10.1 Å². The van der Waals surface area contributed by atoms with E-state index in [9.17, 15) is 14.9 Å². The third kappa shape index (κ3) is 3.14. The average Bonchev–Trinajstić information content (AvgIpc) is 2.99. The van der Waals surface area contributed by atoms with Crippen LogP contribution in [0.2, 0.25) is 0 Å². The number of hydrogen-bond donors (Lipinski definition) is 1. The number of hydrogen-bond acceptors (Lipinski definition) is 4. The number of para-hydroxylation sites is 1. The highest BCUT2D eigenvalue weighted by molar-refractivity contribution is 5.75. The van der Waals surface area contributed by atoms with E-state index in [0.717, 1.165) is 5.69 Å². The van der Waals surface area contributed by atoms with E-state index in [1.54, 1.807) is 23.0 Å². The highest BCUT2D eigenvalue weighted by Crippen LogP contribution is 2.26. The quantitative estimate of drug-likeness (QED) is 0.574. The van der Waals surface area contributed by atoms with E-state index in [1.165, 1.54) is 12.1 Å². The Morgan fingerprint density at radius 1 is 1.12 bits per heavy atom. The molecule has 0 fully saturated rings. The topological polar surface area (TPSA) is 98.3 Å². The maximum absolute atomic E-state index is 11.1. The zero-order valence-electron chi connectivity index (χ0n) is 12.5. The minimum Gasteiger partial charge on any atom is -0.481 e. The van der Waals surface area contributed by atoms with Crippen LogP contribution in [-0.2, 0) is 11.2 Å². The van der Waals surface area contributed by atoms with Crippen LogP contribution < -0.4 is 0 Å². The van der Waals surface area contributed by atoms with Crippen molar-refractivity contribution in [3.8, 4) is 16.9 Å². The number of nitro groups is 1. The molecule has 1 heterocycles. The normalized spacial score (nSPS) is 10.5. The van der Waals surface area contributed by atoms with E-state index in [0.29, 0.717) is 16.8 Å². The van der Waals surface area contributed by atoms with Gasteiger partial charge in [0.05, 0.1) is 22.7 Å². The molecule has 24 heavy (non-hydrogen) atoms. The summed E-state index contributed by atoms with van der Waals surface area (Å²) in [5, 5.41) is 24.3. The molecule has 0 spiro atoms. The zero-order valence-corrected chi connectivity index (χ0v) is 12.5. The van der Waals surface area contributed by atoms with E-state index >= 15 is 0 Å². The van der Waals surface area contributed by atoms with Crippen molar-refractivity contribution in [3.63, 3.8) is 0 Å². The molecule has 120 valence electrons. The first-order chi connectivity index (χ1) is 11.5. The van der Waals surface area contributed by atoms with Crippen LogP contribution in [0.15, 0.2) is 60.8 Å². The standard InChI is InChI=1S/C17H13N3O4/c21-16(22)10-13-11-19(14-4-2-1-3-5-14)18-17(13)12-6-8-15(9-7-12)20(23)24/h1-9,11H,10H2,(H,21,22). The highest BCUT2D eigenvalue weighted by atomic mass is 16.6. The Hall–Kier alpha value is -3.48. The summed E-state index contributed by atoms with van der Waals surface area (Å²) in [6.45, 7) is 0. The number of aliphatic carboxylic acids is 1. The van der Waals surface area contributed by atoms with Crippen LogP contribution in [0.4, 0.5) is 5.69 Å². The number of aromatic nitrogens is 2. The van der Waals surface area contributed by atoms with Crippen LogP contribution in [0.5, 0.6) is 0 Å². The van der Waals surface area contributed by atoms with E-state index in [2.05, 4.69) is 5.10 Å². The molecule has 0 radical (unpaired) electrons. The van der Waals surface area contributed by atoms with Gasteiger partial charge in [-0.1, -0.05) is 18.2 Å².